The monoisotopic (exact) mass is 705 g/mol. The van der Waals surface area contributed by atoms with E-state index in [0.717, 1.165) is 72.8 Å². The average Bonchev–Trinajstić information content (AvgIpc) is 3.00. The van der Waals surface area contributed by atoms with Crippen LogP contribution in [0.5, 0.6) is 0 Å². The summed E-state index contributed by atoms with van der Waals surface area (Å²) >= 11 is 0. The van der Waals surface area contributed by atoms with E-state index in [9.17, 15) is 0 Å². The first-order valence-corrected chi connectivity index (χ1v) is 18.0. The van der Waals surface area contributed by atoms with Gasteiger partial charge >= 0.3 is 26.2 Å². The van der Waals surface area contributed by atoms with E-state index in [4.69, 9.17) is 10.6 Å². The minimum atomic E-state index is 0. The standard InChI is InChI=1S/C26H51N3.2C8H9.Zr/c1-15-17(3)21(7)25(22(8)18(15)4)28-13-11-27-12-14-29-26-23(9)19(5)16(2)20(6)24(26)10;2*1-7-4-3-5-8(2)6-7;/h15-27H,11-14H2,1-10H3;2*3-6H,1H2,2H3;/q-2;2*-1;+4/t15?,16?,17-,18-,19+,20+,21-,22-,23+,24+,25?,26?;;;. The molecule has 0 spiro atoms. The number of benzene rings is 2. The summed E-state index contributed by atoms with van der Waals surface area (Å²) in [7, 11) is 0. The molecule has 2 aromatic rings. The van der Waals surface area contributed by atoms with E-state index in [0.29, 0.717) is 35.8 Å². The normalized spacial score (nSPS) is 33.8. The maximum Gasteiger partial charge on any atom is 4.00 e. The second kappa shape index (κ2) is 21.1. The SMILES string of the molecule is CC1[C@@H](C)[C@@H](C)C([N-]CCNCC[N-]C2[C@@H](C)[C@@H](C)C(C)[C@H](C)[C@@H]2C)[C@H](C)[C@@H]1C.[CH2-]c1cccc(C)c1.[CH2-]c1cccc(C)c1.[Zr+4]. The van der Waals surface area contributed by atoms with Crippen LogP contribution in [0.15, 0.2) is 48.5 Å². The predicted molar refractivity (Wildman–Crippen MR) is 200 cm³/mol. The van der Waals surface area contributed by atoms with Crippen LogP contribution in [0.25, 0.3) is 10.6 Å². The Labute approximate surface area is 305 Å². The topological polar surface area (TPSA) is 40.2 Å². The Balaban J connectivity index is 0.000000503. The van der Waals surface area contributed by atoms with Crippen LogP contribution in [0.4, 0.5) is 0 Å². The minimum absolute atomic E-state index is 0. The Kier molecular flexibility index (Phi) is 19.7. The van der Waals surface area contributed by atoms with Crippen molar-refractivity contribution in [1.29, 1.82) is 0 Å². The van der Waals surface area contributed by atoms with Crippen molar-refractivity contribution in [3.63, 3.8) is 0 Å². The fraction of sp³-hybridized carbons (Fsp3) is 0.667. The zero-order chi connectivity index (χ0) is 33.8. The van der Waals surface area contributed by atoms with Gasteiger partial charge < -0.3 is 16.0 Å². The molecule has 8 atom stereocenters. The molecule has 0 aliphatic heterocycles. The summed E-state index contributed by atoms with van der Waals surface area (Å²) in [5.74, 6) is 7.51. The summed E-state index contributed by atoms with van der Waals surface area (Å²) in [6.07, 6.45) is 0. The van der Waals surface area contributed by atoms with Crippen molar-refractivity contribution in [2.75, 3.05) is 26.2 Å². The van der Waals surface area contributed by atoms with E-state index in [-0.39, 0.29) is 26.2 Å². The van der Waals surface area contributed by atoms with Crippen molar-refractivity contribution < 1.29 is 26.2 Å². The average molecular weight is 707 g/mol. The quantitative estimate of drug-likeness (QED) is 0.215. The molecule has 2 fully saturated rings. The van der Waals surface area contributed by atoms with Crippen molar-refractivity contribution in [3.8, 4) is 0 Å². The summed E-state index contributed by atoms with van der Waals surface area (Å²) in [4.78, 5) is 0. The number of rotatable bonds is 8. The van der Waals surface area contributed by atoms with Crippen LogP contribution in [0.2, 0.25) is 0 Å². The van der Waals surface area contributed by atoms with Crippen molar-refractivity contribution in [1.82, 2.24) is 5.32 Å². The second-order valence-electron chi connectivity index (χ2n) is 15.1. The molecular weight excluding hydrogens is 638 g/mol. The van der Waals surface area contributed by atoms with E-state index in [1.54, 1.807) is 0 Å². The zero-order valence-corrected chi connectivity index (χ0v) is 34.1. The van der Waals surface area contributed by atoms with Crippen molar-refractivity contribution in [2.24, 2.45) is 59.2 Å². The predicted octanol–water partition coefficient (Wildman–Crippen LogP) is 10.8. The molecule has 46 heavy (non-hydrogen) atoms. The molecule has 1 N–H and O–H groups in total. The molecule has 4 heteroatoms. The van der Waals surface area contributed by atoms with E-state index in [2.05, 4.69) is 127 Å². The number of nitrogens with one attached hydrogen (secondary N) is 1. The molecule has 0 aromatic heterocycles. The van der Waals surface area contributed by atoms with E-state index in [1.165, 1.54) is 11.1 Å². The van der Waals surface area contributed by atoms with Gasteiger partial charge in [0.15, 0.2) is 0 Å². The van der Waals surface area contributed by atoms with E-state index < -0.39 is 0 Å². The Morgan fingerprint density at radius 3 is 1.02 bits per heavy atom. The molecule has 2 saturated carbocycles. The van der Waals surface area contributed by atoms with Crippen molar-refractivity contribution >= 4 is 0 Å². The van der Waals surface area contributed by atoms with Crippen molar-refractivity contribution in [2.45, 2.75) is 95.2 Å². The molecule has 0 unspecified atom stereocenters. The molecule has 4 rings (SSSR count). The Morgan fingerprint density at radius 1 is 0.500 bits per heavy atom. The third-order valence-corrected chi connectivity index (χ3v) is 12.2. The van der Waals surface area contributed by atoms with Crippen LogP contribution in [0.1, 0.15) is 91.5 Å². The van der Waals surface area contributed by atoms with Crippen LogP contribution in [0.3, 0.4) is 0 Å². The van der Waals surface area contributed by atoms with Gasteiger partial charge in [-0.25, -0.2) is 0 Å². The molecule has 0 amide bonds. The van der Waals surface area contributed by atoms with Crippen LogP contribution in [-0.4, -0.2) is 38.3 Å². The molecule has 0 heterocycles. The van der Waals surface area contributed by atoms with Gasteiger partial charge in [-0.1, -0.05) is 119 Å². The first kappa shape index (κ1) is 43.0. The summed E-state index contributed by atoms with van der Waals surface area (Å²) in [6, 6.07) is 17.3. The van der Waals surface area contributed by atoms with E-state index in [1.807, 2.05) is 24.3 Å². The van der Waals surface area contributed by atoms with Gasteiger partial charge in [-0.3, -0.25) is 0 Å². The van der Waals surface area contributed by atoms with Crippen molar-refractivity contribution in [3.05, 3.63) is 95.3 Å². The van der Waals surface area contributed by atoms with Crippen LogP contribution in [-0.2, 0) is 26.2 Å². The molecule has 2 aliphatic rings. The molecular formula is C42H69N3Zr. The zero-order valence-electron chi connectivity index (χ0n) is 31.7. The van der Waals surface area contributed by atoms with Crippen LogP contribution < -0.4 is 5.32 Å². The van der Waals surface area contributed by atoms with Gasteiger partial charge in [0.2, 0.25) is 0 Å². The molecule has 0 bridgehead atoms. The van der Waals surface area contributed by atoms with Gasteiger partial charge in [0.1, 0.15) is 0 Å². The fourth-order valence-corrected chi connectivity index (χ4v) is 7.87. The van der Waals surface area contributed by atoms with Gasteiger partial charge in [-0.05, 0) is 48.6 Å². The maximum atomic E-state index is 5.13. The number of aryl methyl sites for hydroxylation is 2. The van der Waals surface area contributed by atoms with Crippen LogP contribution >= 0.6 is 0 Å². The number of nitrogens with zero attached hydrogens (tertiary/aromatic N) is 2. The second-order valence-corrected chi connectivity index (χ2v) is 15.1. The summed E-state index contributed by atoms with van der Waals surface area (Å²) < 4.78 is 0. The summed E-state index contributed by atoms with van der Waals surface area (Å²) in [5, 5.41) is 13.9. The molecule has 256 valence electrons. The first-order valence-electron chi connectivity index (χ1n) is 18.0. The molecule has 3 nitrogen and oxygen atoms in total. The van der Waals surface area contributed by atoms with Crippen LogP contribution in [0, 0.1) is 86.9 Å². The number of hydrogen-bond donors (Lipinski definition) is 1. The summed E-state index contributed by atoms with van der Waals surface area (Å²) in [5.41, 5.74) is 4.73. The van der Waals surface area contributed by atoms with Gasteiger partial charge in [0, 0.05) is 0 Å². The molecule has 0 radical (unpaired) electrons. The van der Waals surface area contributed by atoms with Gasteiger partial charge in [-0.15, -0.1) is 48.4 Å². The van der Waals surface area contributed by atoms with E-state index >= 15 is 0 Å². The number of hydrogen-bond acceptors (Lipinski definition) is 1. The fourth-order valence-electron chi connectivity index (χ4n) is 7.87. The molecule has 2 aliphatic carbocycles. The largest absolute Gasteiger partial charge is 4.00 e. The first-order chi connectivity index (χ1) is 21.2. The Hall–Kier alpha value is -1.06. The van der Waals surface area contributed by atoms with Gasteiger partial charge in [0.25, 0.3) is 0 Å². The summed E-state index contributed by atoms with van der Waals surface area (Å²) in [6.45, 7) is 39.8. The Morgan fingerprint density at radius 2 is 0.783 bits per heavy atom. The maximum absolute atomic E-state index is 5.13. The smallest absolute Gasteiger partial charge is 0.658 e. The Bertz CT molecular complexity index is 952. The molecule has 0 saturated heterocycles. The van der Waals surface area contributed by atoms with Gasteiger partial charge in [-0.2, -0.15) is 49.2 Å². The van der Waals surface area contributed by atoms with Gasteiger partial charge in [0.05, 0.1) is 0 Å². The third-order valence-electron chi connectivity index (χ3n) is 12.2. The molecule has 2 aromatic carbocycles. The minimum Gasteiger partial charge on any atom is -0.658 e. The third kappa shape index (κ3) is 12.8.